The van der Waals surface area contributed by atoms with E-state index in [1.54, 1.807) is 0 Å². The molecular formula is C109H66O6. The van der Waals surface area contributed by atoms with Crippen molar-refractivity contribution < 1.29 is 26.5 Å². The number of benzene rings is 19. The monoisotopic (exact) mass is 1470 g/mol. The van der Waals surface area contributed by atoms with Crippen LogP contribution >= 0.6 is 0 Å². The normalized spacial score (nSPS) is 11.9. The van der Waals surface area contributed by atoms with Crippen molar-refractivity contribution in [2.45, 2.75) is 6.92 Å². The van der Waals surface area contributed by atoms with Crippen molar-refractivity contribution in [2.75, 3.05) is 0 Å². The second-order valence-electron chi connectivity index (χ2n) is 29.9. The van der Waals surface area contributed by atoms with Crippen molar-refractivity contribution in [1.29, 1.82) is 0 Å². The van der Waals surface area contributed by atoms with E-state index < -0.39 is 0 Å². The van der Waals surface area contributed by atoms with Crippen molar-refractivity contribution in [2.24, 2.45) is 0 Å². The van der Waals surface area contributed by atoms with Gasteiger partial charge in [0, 0.05) is 71.1 Å². The highest BCUT2D eigenvalue weighted by Crippen LogP contribution is 2.54. The molecule has 25 rings (SSSR count). The van der Waals surface area contributed by atoms with Crippen LogP contribution in [0.15, 0.2) is 409 Å². The second kappa shape index (κ2) is 26.5. The Bertz CT molecular complexity index is 7910. The third kappa shape index (κ3) is 10.8. The van der Waals surface area contributed by atoms with Crippen LogP contribution in [0.25, 0.3) is 242 Å². The minimum Gasteiger partial charge on any atom is -0.456 e. The van der Waals surface area contributed by atoms with Crippen molar-refractivity contribution in [1.82, 2.24) is 0 Å². The van der Waals surface area contributed by atoms with Crippen molar-refractivity contribution in [3.05, 3.63) is 388 Å². The Hall–Kier alpha value is -15.2. The summed E-state index contributed by atoms with van der Waals surface area (Å²) in [6, 6.07) is 134. The van der Waals surface area contributed by atoms with Crippen LogP contribution < -0.4 is 0 Å². The van der Waals surface area contributed by atoms with E-state index in [2.05, 4.69) is 316 Å². The number of hydrogen-bond donors (Lipinski definition) is 0. The van der Waals surface area contributed by atoms with Gasteiger partial charge in [-0.3, -0.25) is 0 Å². The van der Waals surface area contributed by atoms with Gasteiger partial charge in [0.2, 0.25) is 0 Å². The molecular weight excluding hydrogens is 1410 g/mol. The first-order valence-corrected chi connectivity index (χ1v) is 39.1. The van der Waals surface area contributed by atoms with Gasteiger partial charge in [0.25, 0.3) is 0 Å². The molecule has 0 bridgehead atoms. The number of para-hydroxylation sites is 6. The lowest BCUT2D eigenvalue weighted by atomic mass is 9.83. The number of fused-ring (bicyclic) bond motifs is 15. The lowest BCUT2D eigenvalue weighted by molar-refractivity contribution is 0.631. The Morgan fingerprint density at radius 1 is 0.148 bits per heavy atom. The highest BCUT2D eigenvalue weighted by molar-refractivity contribution is 6.30. The van der Waals surface area contributed by atoms with Gasteiger partial charge in [-0.25, -0.2) is 0 Å². The molecule has 0 fully saturated rings. The fourth-order valence-corrected chi connectivity index (χ4v) is 18.2. The summed E-state index contributed by atoms with van der Waals surface area (Å²) in [5.41, 5.74) is 15.6. The average Bonchev–Trinajstić information content (AvgIpc) is 1.71. The van der Waals surface area contributed by atoms with Crippen LogP contribution in [0, 0.1) is 6.92 Å². The van der Waals surface area contributed by atoms with Gasteiger partial charge in [-0.15, -0.1) is 0 Å². The third-order valence-corrected chi connectivity index (χ3v) is 23.3. The Balaban J connectivity index is 0.000000102. The van der Waals surface area contributed by atoms with E-state index in [1.165, 1.54) is 59.8 Å². The molecule has 0 saturated carbocycles. The maximum Gasteiger partial charge on any atom is 0.136 e. The Kier molecular flexibility index (Phi) is 15.1. The predicted octanol–water partition coefficient (Wildman–Crippen LogP) is 31.9. The van der Waals surface area contributed by atoms with Crippen molar-refractivity contribution >= 4 is 163 Å². The molecule has 0 spiro atoms. The summed E-state index contributed by atoms with van der Waals surface area (Å²) in [6.07, 6.45) is 0. The number of rotatable bonds is 7. The number of furan rings is 6. The van der Waals surface area contributed by atoms with Gasteiger partial charge < -0.3 is 26.5 Å². The number of hydrogen-bond acceptors (Lipinski definition) is 6. The van der Waals surface area contributed by atoms with Gasteiger partial charge in [-0.2, -0.15) is 0 Å². The Morgan fingerprint density at radius 3 is 0.713 bits per heavy atom. The number of aryl methyl sites for hydroxylation is 1. The largest absolute Gasteiger partial charge is 0.456 e. The first-order valence-electron chi connectivity index (χ1n) is 39.1. The molecule has 6 nitrogen and oxygen atoms in total. The molecule has 0 aliphatic heterocycles. The van der Waals surface area contributed by atoms with E-state index in [-0.39, 0.29) is 0 Å². The molecule has 0 saturated heterocycles. The highest BCUT2D eigenvalue weighted by Gasteiger charge is 2.28. The summed E-state index contributed by atoms with van der Waals surface area (Å²) >= 11 is 0. The van der Waals surface area contributed by atoms with E-state index in [0.717, 1.165) is 188 Å². The molecule has 6 heterocycles. The molecule has 115 heavy (non-hydrogen) atoms. The van der Waals surface area contributed by atoms with Gasteiger partial charge in [-0.05, 0) is 212 Å². The van der Waals surface area contributed by atoms with E-state index in [1.807, 2.05) is 72.8 Å². The van der Waals surface area contributed by atoms with E-state index in [4.69, 9.17) is 26.5 Å². The van der Waals surface area contributed by atoms with Crippen LogP contribution in [0.2, 0.25) is 0 Å². The molecule has 19 aromatic carbocycles. The Morgan fingerprint density at radius 2 is 0.374 bits per heavy atom. The minimum absolute atomic E-state index is 0.862. The summed E-state index contributed by atoms with van der Waals surface area (Å²) < 4.78 is 39.1. The van der Waals surface area contributed by atoms with E-state index >= 15 is 0 Å². The van der Waals surface area contributed by atoms with Crippen LogP contribution in [-0.2, 0) is 0 Å². The Labute approximate surface area is 658 Å². The fourth-order valence-electron chi connectivity index (χ4n) is 18.2. The standard InChI is InChI=1S/C40H24O2.C35H22O2.C34H20O2/c1-2-12-25(13-3-1)37-29-17-7-4-14-26(29)22-32-38(35-23-27-15-5-10-20-33(27)41-35)30-18-8-9-19-31(30)39(40(32)37)36-24-28-16-6-11-21-34(28)42-36;1-21-25-13-5-2-10-22(25)18-28-33(21)35(32-20-24-12-4-9-17-30(24)37-32)27-15-7-6-14-26(27)34(28)31-19-23-11-3-8-16-29(23)36-31;1-2-10-22-18-28-27(17-21(22)9-1)33(31-19-23-11-3-7-15-29(23)35-31)25-13-5-6-14-26(25)34(28)32-20-24-12-4-8-16-30(24)36-32/h1-24H;2-20H,1H3;1-20H. The third-order valence-electron chi connectivity index (χ3n) is 23.3. The molecule has 0 amide bonds. The molecule has 0 atom stereocenters. The van der Waals surface area contributed by atoms with E-state index in [0.29, 0.717) is 0 Å². The lowest BCUT2D eigenvalue weighted by Crippen LogP contribution is -1.93. The van der Waals surface area contributed by atoms with Crippen molar-refractivity contribution in [3.8, 4) is 79.1 Å². The lowest BCUT2D eigenvalue weighted by Gasteiger charge is -2.20. The zero-order valence-corrected chi connectivity index (χ0v) is 62.3. The minimum atomic E-state index is 0.862. The van der Waals surface area contributed by atoms with Crippen LogP contribution in [-0.4, -0.2) is 0 Å². The van der Waals surface area contributed by atoms with Gasteiger partial charge in [0.05, 0.1) is 0 Å². The molecule has 0 N–H and O–H groups in total. The summed E-state index contributed by atoms with van der Waals surface area (Å²) in [5, 5.41) is 27.7. The second-order valence-corrected chi connectivity index (χ2v) is 29.9. The molecule has 0 radical (unpaired) electrons. The van der Waals surface area contributed by atoms with Crippen LogP contribution in [0.5, 0.6) is 0 Å². The van der Waals surface area contributed by atoms with Crippen LogP contribution in [0.1, 0.15) is 5.56 Å². The van der Waals surface area contributed by atoms with E-state index in [9.17, 15) is 0 Å². The molecule has 0 aliphatic rings. The highest BCUT2D eigenvalue weighted by atomic mass is 16.4. The topological polar surface area (TPSA) is 78.8 Å². The van der Waals surface area contributed by atoms with Gasteiger partial charge in [-0.1, -0.05) is 285 Å². The smallest absolute Gasteiger partial charge is 0.136 e. The maximum absolute atomic E-state index is 6.64. The summed E-state index contributed by atoms with van der Waals surface area (Å²) in [6.45, 7) is 2.23. The van der Waals surface area contributed by atoms with Crippen LogP contribution in [0.4, 0.5) is 0 Å². The summed E-state index contributed by atoms with van der Waals surface area (Å²) in [4.78, 5) is 0. The zero-order chi connectivity index (χ0) is 75.8. The summed E-state index contributed by atoms with van der Waals surface area (Å²) in [5.74, 6) is 5.25. The first kappa shape index (κ1) is 65.6. The van der Waals surface area contributed by atoms with Gasteiger partial charge in [0.1, 0.15) is 68.1 Å². The quantitative estimate of drug-likeness (QED) is 0.148. The van der Waals surface area contributed by atoms with Gasteiger partial charge >= 0.3 is 0 Å². The first-order chi connectivity index (χ1) is 56.9. The molecule has 0 unspecified atom stereocenters. The molecule has 6 aromatic heterocycles. The average molecular weight is 1470 g/mol. The van der Waals surface area contributed by atoms with Crippen molar-refractivity contribution in [3.63, 3.8) is 0 Å². The fraction of sp³-hybridized carbons (Fsp3) is 0.00917. The van der Waals surface area contributed by atoms with Crippen LogP contribution in [0.3, 0.4) is 0 Å². The molecule has 25 aromatic rings. The summed E-state index contributed by atoms with van der Waals surface area (Å²) in [7, 11) is 0. The predicted molar refractivity (Wildman–Crippen MR) is 478 cm³/mol. The maximum atomic E-state index is 6.64. The SMILES string of the molecule is Cc1c2ccccc2cc2c(-c3cc4ccccc4o3)c3ccccc3c(-c3cc4ccccc4o3)c12.c1ccc(-c2c3ccccc3cc3c(-c4cc5ccccc5o4)c4ccccc4c(-c4cc5ccccc5o4)c23)cc1.c1ccc2cc3c(-c4cc5ccccc5o4)c4ccccc4c(-c4cc5ccccc5o4)c3cc2c1. The molecule has 0 aliphatic carbocycles. The molecule has 538 valence electrons. The van der Waals surface area contributed by atoms with Gasteiger partial charge in [0.15, 0.2) is 0 Å². The molecule has 6 heteroatoms. The zero-order valence-electron chi connectivity index (χ0n) is 62.3.